The molecule has 0 saturated carbocycles. The van der Waals surface area contributed by atoms with Gasteiger partial charge in [0.25, 0.3) is 0 Å². The van der Waals surface area contributed by atoms with E-state index < -0.39 is 16.1 Å². The van der Waals surface area contributed by atoms with E-state index in [1.54, 1.807) is 0 Å². The molecule has 0 aliphatic heterocycles. The van der Waals surface area contributed by atoms with Crippen molar-refractivity contribution in [1.82, 2.24) is 0 Å². The van der Waals surface area contributed by atoms with Gasteiger partial charge >= 0.3 is 0 Å². The molecule has 0 bridgehead atoms. The first-order valence-electron chi connectivity index (χ1n) is 10.6. The highest BCUT2D eigenvalue weighted by Crippen LogP contribution is 2.19. The summed E-state index contributed by atoms with van der Waals surface area (Å²) in [6, 6.07) is 7.03. The van der Waals surface area contributed by atoms with Gasteiger partial charge in [-0.25, -0.2) is 0 Å². The van der Waals surface area contributed by atoms with Crippen LogP contribution in [0.15, 0.2) is 0 Å². The minimum Gasteiger partial charge on any atom is -0.117 e. The topological polar surface area (TPSA) is 0 Å². The second-order valence-corrected chi connectivity index (χ2v) is 16.5. The lowest BCUT2D eigenvalue weighted by Gasteiger charge is -2.19. The summed E-state index contributed by atoms with van der Waals surface area (Å²) in [5, 5.41) is 0. The summed E-state index contributed by atoms with van der Waals surface area (Å²) in [6.07, 6.45) is 0. The van der Waals surface area contributed by atoms with E-state index in [0.717, 1.165) is 0 Å². The summed E-state index contributed by atoms with van der Waals surface area (Å²) in [4.78, 5) is 0. The van der Waals surface area contributed by atoms with Gasteiger partial charge in [-0.2, -0.15) is 0 Å². The van der Waals surface area contributed by atoms with Crippen molar-refractivity contribution < 1.29 is 0 Å². The monoisotopic (exact) mass is 422 g/mol. The van der Waals surface area contributed by atoms with E-state index in [4.69, 9.17) is 0 Å². The Labute approximate surface area is 187 Å². The third kappa shape index (κ3) is 11.0. The molecule has 150 valence electrons. The molecule has 0 aromatic heterocycles. The summed E-state index contributed by atoms with van der Waals surface area (Å²) < 4.78 is 0. The van der Waals surface area contributed by atoms with Gasteiger partial charge in [0.2, 0.25) is 0 Å². The molecule has 0 aliphatic rings. The fourth-order valence-electron chi connectivity index (χ4n) is 2.73. The molecule has 0 nitrogen and oxygen atoms in total. The highest BCUT2D eigenvalue weighted by Gasteiger charge is 2.24. The highest BCUT2D eigenvalue weighted by atomic mass is 28.3. The van der Waals surface area contributed by atoms with Gasteiger partial charge in [0, 0.05) is 0 Å². The molecule has 0 saturated heterocycles. The molecular weight excluding hydrogens is 392 g/mol. The molecule has 0 aromatic rings. The average molecular weight is 423 g/mol. The molecule has 0 rings (SSSR count). The van der Waals surface area contributed by atoms with Crippen molar-refractivity contribution in [3.05, 3.63) is 0 Å². The van der Waals surface area contributed by atoms with E-state index in [-0.39, 0.29) is 0 Å². The van der Waals surface area contributed by atoms with Gasteiger partial charge in [-0.15, -0.1) is 11.1 Å². The van der Waals surface area contributed by atoms with Gasteiger partial charge in [-0.3, -0.25) is 0 Å². The van der Waals surface area contributed by atoms with Crippen molar-refractivity contribution >= 4 is 16.1 Å². The summed E-state index contributed by atoms with van der Waals surface area (Å²) >= 11 is 0. The van der Waals surface area contributed by atoms with E-state index in [1.165, 1.54) is 36.3 Å². The van der Waals surface area contributed by atoms with Crippen LogP contribution in [0.2, 0.25) is 36.3 Å². The Balaban J connectivity index is 4.74. The fourth-order valence-corrected chi connectivity index (χ4v) is 7.45. The smallest absolute Gasteiger partial charge is 0.117 e. The van der Waals surface area contributed by atoms with Gasteiger partial charge in [0.15, 0.2) is 0 Å². The normalized spacial score (nSPS) is 8.33. The predicted molar refractivity (Wildman–Crippen MR) is 137 cm³/mol. The van der Waals surface area contributed by atoms with E-state index >= 15 is 0 Å². The summed E-state index contributed by atoms with van der Waals surface area (Å²) in [7, 11) is -2.85. The average Bonchev–Trinajstić information content (AvgIpc) is 2.79. The van der Waals surface area contributed by atoms with E-state index in [2.05, 4.69) is 136 Å². The summed E-state index contributed by atoms with van der Waals surface area (Å²) in [6.45, 7) is 13.3. The second kappa shape index (κ2) is 16.8. The van der Waals surface area contributed by atoms with Crippen molar-refractivity contribution in [3.8, 4) is 94.0 Å². The van der Waals surface area contributed by atoms with Gasteiger partial charge in [-0.1, -0.05) is 41.5 Å². The van der Waals surface area contributed by atoms with Crippen molar-refractivity contribution in [2.24, 2.45) is 0 Å². The fraction of sp³-hybridized carbons (Fsp3) is 0.429. The third-order valence-electron chi connectivity index (χ3n) is 5.53. The lowest BCUT2D eigenvalue weighted by Crippen LogP contribution is -2.29. The first-order chi connectivity index (χ1) is 14.6. The van der Waals surface area contributed by atoms with Crippen LogP contribution >= 0.6 is 0 Å². The Morgan fingerprint density at radius 2 is 0.467 bits per heavy atom. The second-order valence-electron chi connectivity index (χ2n) is 6.68. The van der Waals surface area contributed by atoms with Crippen LogP contribution in [0.4, 0.5) is 0 Å². The molecule has 0 N–H and O–H groups in total. The van der Waals surface area contributed by atoms with Gasteiger partial charge in [-0.05, 0) is 119 Å². The summed E-state index contributed by atoms with van der Waals surface area (Å²) in [5.74, 6) is 38.1. The van der Waals surface area contributed by atoms with E-state index in [9.17, 15) is 0 Å². The maximum Gasteiger partial charge on any atom is 0.139 e. The molecule has 0 aliphatic carbocycles. The zero-order chi connectivity index (χ0) is 22.6. The SMILES string of the molecule is CC[Si](C#CC#CC#CC#CC#CC#CC#CC#C[Si](CC)(CC)CC)(CC)CC. The molecule has 30 heavy (non-hydrogen) atoms. The van der Waals surface area contributed by atoms with Gasteiger partial charge in [0.05, 0.1) is 0 Å². The Hall–Kier alpha value is -3.09. The van der Waals surface area contributed by atoms with Crippen LogP contribution in [0.5, 0.6) is 0 Å². The molecular formula is C28H30Si2. The molecule has 0 unspecified atom stereocenters. The molecule has 0 fully saturated rings. The lowest BCUT2D eigenvalue weighted by molar-refractivity contribution is 1.20. The zero-order valence-corrected chi connectivity index (χ0v) is 21.2. The lowest BCUT2D eigenvalue weighted by atomic mass is 10.5. The number of rotatable bonds is 6. The van der Waals surface area contributed by atoms with E-state index in [1.807, 2.05) is 0 Å². The number of hydrogen-bond acceptors (Lipinski definition) is 0. The standard InChI is InChI=1S/C28H30Si2/c1-7-29(8-2,9-3)27-25-23-21-19-17-15-13-14-16-18-20-22-24-26-28-30(10-4,11-5)12-6/h7-12H2,1-6H3. The van der Waals surface area contributed by atoms with E-state index in [0.29, 0.717) is 0 Å². The van der Waals surface area contributed by atoms with Crippen molar-refractivity contribution in [3.63, 3.8) is 0 Å². The molecule has 0 atom stereocenters. The number of hydrogen-bond donors (Lipinski definition) is 0. The van der Waals surface area contributed by atoms with Crippen LogP contribution in [-0.4, -0.2) is 16.1 Å². The van der Waals surface area contributed by atoms with Crippen LogP contribution in [0.3, 0.4) is 0 Å². The quantitative estimate of drug-likeness (QED) is 0.412. The van der Waals surface area contributed by atoms with Crippen molar-refractivity contribution in [1.29, 1.82) is 0 Å². The largest absolute Gasteiger partial charge is 0.139 e. The minimum absolute atomic E-state index is 1.17. The van der Waals surface area contributed by atoms with Crippen LogP contribution < -0.4 is 0 Å². The van der Waals surface area contributed by atoms with Crippen LogP contribution in [0.25, 0.3) is 0 Å². The Morgan fingerprint density at radius 3 is 0.633 bits per heavy atom. The Morgan fingerprint density at radius 1 is 0.300 bits per heavy atom. The van der Waals surface area contributed by atoms with Crippen LogP contribution in [-0.2, 0) is 0 Å². The highest BCUT2D eigenvalue weighted by molar-refractivity contribution is 6.87. The Kier molecular flexibility index (Phi) is 15.1. The zero-order valence-electron chi connectivity index (χ0n) is 19.2. The van der Waals surface area contributed by atoms with Crippen LogP contribution in [0, 0.1) is 94.0 Å². The molecule has 0 amide bonds. The summed E-state index contributed by atoms with van der Waals surface area (Å²) in [5.41, 5.74) is 6.80. The minimum atomic E-state index is -1.42. The Bertz CT molecular complexity index is 946. The van der Waals surface area contributed by atoms with Gasteiger partial charge in [0.1, 0.15) is 16.1 Å². The third-order valence-corrected chi connectivity index (χ3v) is 15.0. The first kappa shape index (κ1) is 26.9. The van der Waals surface area contributed by atoms with Gasteiger partial charge < -0.3 is 0 Å². The van der Waals surface area contributed by atoms with Crippen molar-refractivity contribution in [2.45, 2.75) is 77.8 Å². The van der Waals surface area contributed by atoms with Crippen molar-refractivity contribution in [2.75, 3.05) is 0 Å². The van der Waals surface area contributed by atoms with Crippen LogP contribution in [0.1, 0.15) is 41.5 Å². The molecule has 2 heteroatoms. The molecule has 0 radical (unpaired) electrons. The first-order valence-corrected chi connectivity index (χ1v) is 15.9. The molecule has 0 heterocycles. The predicted octanol–water partition coefficient (Wildman–Crippen LogP) is 5.11. The maximum absolute atomic E-state index is 3.40. The molecule has 0 aromatic carbocycles. The maximum atomic E-state index is 3.40. The molecule has 0 spiro atoms.